The molecule has 0 aromatic rings. The van der Waals surface area contributed by atoms with Crippen molar-refractivity contribution in [2.24, 2.45) is 0 Å². The number of esters is 1. The molecule has 0 aliphatic heterocycles. The van der Waals surface area contributed by atoms with Crippen molar-refractivity contribution in [3.05, 3.63) is 10.1 Å². The topological polar surface area (TPSA) is 78.7 Å². The predicted molar refractivity (Wildman–Crippen MR) is 25.0 cm³/mol. The zero-order chi connectivity index (χ0) is 7.28. The normalized spacial score (nSPS) is 8.11. The van der Waals surface area contributed by atoms with E-state index in [4.69, 9.17) is 0 Å². The highest BCUT2D eigenvalue weighted by molar-refractivity contribution is 5.70. The lowest BCUT2D eigenvalue weighted by molar-refractivity contribution is -0.754. The monoisotopic (exact) mass is 135 g/mol. The number of carbonyl (C=O) groups excluding carboxylic acids is 1. The van der Waals surface area contributed by atoms with Gasteiger partial charge in [0.05, 0.1) is 7.11 Å². The van der Waals surface area contributed by atoms with Crippen LogP contribution in [0.3, 0.4) is 0 Å². The van der Waals surface area contributed by atoms with Gasteiger partial charge in [0.1, 0.15) is 0 Å². The molecule has 0 bridgehead atoms. The van der Waals surface area contributed by atoms with Crippen molar-refractivity contribution in [2.45, 2.75) is 0 Å². The Hall–Kier alpha value is -1.33. The summed E-state index contributed by atoms with van der Waals surface area (Å²) in [6.07, 6.45) is 0. The number of hydrogen-bond donors (Lipinski definition) is 0. The van der Waals surface area contributed by atoms with Crippen LogP contribution in [0, 0.1) is 10.1 Å². The number of nitrogens with zero attached hydrogens (tertiary/aromatic N) is 1. The first-order chi connectivity index (χ1) is 4.16. The lowest BCUT2D eigenvalue weighted by Gasteiger charge is -1.94. The highest BCUT2D eigenvalue weighted by Gasteiger charge is 2.01. The standard InChI is InChI=1S/C3H5NO5/c1-8-3(5)2-9-4(6)7/h2H2,1H3. The molecule has 52 valence electrons. The Bertz CT molecular complexity index is 121. The molecule has 0 unspecified atom stereocenters. The van der Waals surface area contributed by atoms with Crippen LogP contribution in [0.1, 0.15) is 0 Å². The molecule has 0 spiro atoms. The molecule has 0 fully saturated rings. The number of rotatable bonds is 3. The van der Waals surface area contributed by atoms with Gasteiger partial charge in [0, 0.05) is 0 Å². The second kappa shape index (κ2) is 3.65. The molecule has 0 radical (unpaired) electrons. The molecule has 0 aliphatic rings. The molecule has 0 atom stereocenters. The van der Waals surface area contributed by atoms with Gasteiger partial charge in [-0.1, -0.05) is 0 Å². The molecule has 9 heavy (non-hydrogen) atoms. The van der Waals surface area contributed by atoms with E-state index in [2.05, 4.69) is 9.57 Å². The highest BCUT2D eigenvalue weighted by atomic mass is 17.0. The largest absolute Gasteiger partial charge is 0.468 e. The summed E-state index contributed by atoms with van der Waals surface area (Å²) in [5.41, 5.74) is 0. The lowest BCUT2D eigenvalue weighted by Crippen LogP contribution is -2.13. The average Bonchev–Trinajstić information content (AvgIpc) is 1.83. The number of ether oxygens (including phenoxy) is 1. The average molecular weight is 135 g/mol. The van der Waals surface area contributed by atoms with Gasteiger partial charge in [-0.2, -0.15) is 0 Å². The zero-order valence-corrected chi connectivity index (χ0v) is 4.70. The first-order valence-corrected chi connectivity index (χ1v) is 2.01. The van der Waals surface area contributed by atoms with Crippen molar-refractivity contribution in [2.75, 3.05) is 13.7 Å². The molecule has 6 nitrogen and oxygen atoms in total. The lowest BCUT2D eigenvalue weighted by atomic mass is 10.7. The maximum atomic E-state index is 10.1. The van der Waals surface area contributed by atoms with Crippen molar-refractivity contribution >= 4 is 5.97 Å². The summed E-state index contributed by atoms with van der Waals surface area (Å²) in [6.45, 7) is -0.649. The van der Waals surface area contributed by atoms with Crippen LogP contribution in [0.4, 0.5) is 0 Å². The second-order valence-corrected chi connectivity index (χ2v) is 1.07. The second-order valence-electron chi connectivity index (χ2n) is 1.07. The van der Waals surface area contributed by atoms with Crippen LogP contribution in [0.2, 0.25) is 0 Å². The number of carbonyl (C=O) groups is 1. The Morgan fingerprint density at radius 1 is 1.78 bits per heavy atom. The van der Waals surface area contributed by atoms with Crippen molar-refractivity contribution in [3.63, 3.8) is 0 Å². The van der Waals surface area contributed by atoms with Gasteiger partial charge in [-0.3, -0.25) is 0 Å². The van der Waals surface area contributed by atoms with E-state index in [-0.39, 0.29) is 0 Å². The van der Waals surface area contributed by atoms with Crippen molar-refractivity contribution < 1.29 is 19.5 Å². The summed E-state index contributed by atoms with van der Waals surface area (Å²) in [5, 5.41) is 8.34. The Kier molecular flexibility index (Phi) is 3.11. The Labute approximate surface area is 50.5 Å². The van der Waals surface area contributed by atoms with Crippen LogP contribution >= 0.6 is 0 Å². The highest BCUT2D eigenvalue weighted by Crippen LogP contribution is 1.77. The fourth-order valence-electron chi connectivity index (χ4n) is 0.164. The summed E-state index contributed by atoms with van der Waals surface area (Å²) in [5.74, 6) is -0.772. The SMILES string of the molecule is COC(=O)CO[N+](=O)[O-]. The quantitative estimate of drug-likeness (QED) is 0.292. The van der Waals surface area contributed by atoms with Crippen LogP contribution in [0.15, 0.2) is 0 Å². The molecule has 6 heteroatoms. The van der Waals surface area contributed by atoms with E-state index in [1.165, 1.54) is 0 Å². The number of hydrogen-bond acceptors (Lipinski definition) is 5. The van der Waals surface area contributed by atoms with Crippen LogP contribution in [0.5, 0.6) is 0 Å². The molecular formula is C3H5NO5. The van der Waals surface area contributed by atoms with E-state index in [1.807, 2.05) is 0 Å². The van der Waals surface area contributed by atoms with Crippen molar-refractivity contribution in [1.82, 2.24) is 0 Å². The molecule has 0 aromatic carbocycles. The first-order valence-electron chi connectivity index (χ1n) is 2.01. The van der Waals surface area contributed by atoms with E-state index < -0.39 is 17.7 Å². The van der Waals surface area contributed by atoms with Gasteiger partial charge in [0.2, 0.25) is 0 Å². The fraction of sp³-hybridized carbons (Fsp3) is 0.667. The smallest absolute Gasteiger partial charge is 0.331 e. The maximum absolute atomic E-state index is 10.1. The number of methoxy groups -OCH3 is 1. The molecule has 0 aromatic heterocycles. The maximum Gasteiger partial charge on any atom is 0.331 e. The third-order valence-corrected chi connectivity index (χ3v) is 0.515. The van der Waals surface area contributed by atoms with Crippen molar-refractivity contribution in [1.29, 1.82) is 0 Å². The molecule has 0 saturated heterocycles. The van der Waals surface area contributed by atoms with Gasteiger partial charge in [-0.05, 0) is 0 Å². The van der Waals surface area contributed by atoms with Gasteiger partial charge in [0.15, 0.2) is 6.61 Å². The van der Waals surface area contributed by atoms with Gasteiger partial charge in [-0.25, -0.2) is 4.79 Å². The minimum Gasteiger partial charge on any atom is -0.468 e. The Morgan fingerprint density at radius 2 is 2.33 bits per heavy atom. The Morgan fingerprint density at radius 3 is 2.67 bits per heavy atom. The summed E-state index contributed by atoms with van der Waals surface area (Å²) in [7, 11) is 1.12. The molecule has 0 aliphatic carbocycles. The molecule has 0 heterocycles. The first kappa shape index (κ1) is 7.67. The minimum absolute atomic E-state index is 0.649. The van der Waals surface area contributed by atoms with Crippen molar-refractivity contribution in [3.8, 4) is 0 Å². The molecule has 0 rings (SSSR count). The minimum atomic E-state index is -1.06. The van der Waals surface area contributed by atoms with Gasteiger partial charge in [0.25, 0.3) is 5.09 Å². The van der Waals surface area contributed by atoms with E-state index in [1.54, 1.807) is 0 Å². The van der Waals surface area contributed by atoms with Gasteiger partial charge in [-0.15, -0.1) is 10.1 Å². The zero-order valence-electron chi connectivity index (χ0n) is 4.70. The molecule has 0 N–H and O–H groups in total. The van der Waals surface area contributed by atoms with E-state index in [0.29, 0.717) is 0 Å². The van der Waals surface area contributed by atoms with Crippen LogP contribution in [0.25, 0.3) is 0 Å². The predicted octanol–water partition coefficient (Wildman–Crippen LogP) is -0.632. The van der Waals surface area contributed by atoms with E-state index in [9.17, 15) is 14.9 Å². The summed E-state index contributed by atoms with van der Waals surface area (Å²) in [6, 6.07) is 0. The van der Waals surface area contributed by atoms with E-state index in [0.717, 1.165) is 7.11 Å². The summed E-state index contributed by atoms with van der Waals surface area (Å²) < 4.78 is 4.03. The Balaban J connectivity index is 3.28. The summed E-state index contributed by atoms with van der Waals surface area (Å²) in [4.78, 5) is 23.1. The van der Waals surface area contributed by atoms with Gasteiger partial charge >= 0.3 is 5.97 Å². The van der Waals surface area contributed by atoms with Gasteiger partial charge < -0.3 is 9.57 Å². The van der Waals surface area contributed by atoms with E-state index >= 15 is 0 Å². The third-order valence-electron chi connectivity index (χ3n) is 0.515. The molecule has 0 amide bonds. The van der Waals surface area contributed by atoms with Crippen LogP contribution in [-0.4, -0.2) is 24.8 Å². The molecular weight excluding hydrogens is 130 g/mol. The third kappa shape index (κ3) is 4.52. The van der Waals surface area contributed by atoms with Crippen LogP contribution < -0.4 is 0 Å². The molecule has 0 saturated carbocycles. The summed E-state index contributed by atoms with van der Waals surface area (Å²) >= 11 is 0. The fourth-order valence-corrected chi connectivity index (χ4v) is 0.164. The van der Waals surface area contributed by atoms with Crippen LogP contribution in [-0.2, 0) is 14.4 Å².